The zero-order valence-corrected chi connectivity index (χ0v) is 13.5. The van der Waals surface area contributed by atoms with Crippen LogP contribution < -0.4 is 5.32 Å². The van der Waals surface area contributed by atoms with Gasteiger partial charge in [-0.3, -0.25) is 4.90 Å². The zero-order chi connectivity index (χ0) is 13.9. The summed E-state index contributed by atoms with van der Waals surface area (Å²) in [6.45, 7) is 9.98. The van der Waals surface area contributed by atoms with E-state index in [4.69, 9.17) is 0 Å². The number of hydrogen-bond acceptors (Lipinski definition) is 2. The molecule has 2 rings (SSSR count). The summed E-state index contributed by atoms with van der Waals surface area (Å²) in [5.74, 6) is 1.79. The minimum atomic E-state index is 0.302. The Hall–Kier alpha value is -0.0800. The van der Waals surface area contributed by atoms with E-state index in [0.29, 0.717) is 11.6 Å². The molecule has 1 saturated heterocycles. The molecule has 0 aromatic rings. The van der Waals surface area contributed by atoms with E-state index in [2.05, 4.69) is 38.0 Å². The van der Waals surface area contributed by atoms with E-state index >= 15 is 0 Å². The van der Waals surface area contributed by atoms with E-state index in [1.165, 1.54) is 58.0 Å². The third kappa shape index (κ3) is 3.52. The molecule has 1 heterocycles. The van der Waals surface area contributed by atoms with Crippen LogP contribution in [0.15, 0.2) is 0 Å². The van der Waals surface area contributed by atoms with Crippen molar-refractivity contribution >= 4 is 0 Å². The van der Waals surface area contributed by atoms with Crippen molar-refractivity contribution in [2.24, 2.45) is 11.8 Å². The Morgan fingerprint density at radius 3 is 2.32 bits per heavy atom. The lowest BCUT2D eigenvalue weighted by atomic mass is 9.72. The molecule has 3 unspecified atom stereocenters. The first-order valence-corrected chi connectivity index (χ1v) is 8.48. The topological polar surface area (TPSA) is 15.3 Å². The first-order chi connectivity index (χ1) is 9.05. The fraction of sp³-hybridized carbons (Fsp3) is 1.00. The Morgan fingerprint density at radius 2 is 1.74 bits per heavy atom. The van der Waals surface area contributed by atoms with E-state index in [0.717, 1.165) is 11.8 Å². The predicted molar refractivity (Wildman–Crippen MR) is 83.5 cm³/mol. The fourth-order valence-corrected chi connectivity index (χ4v) is 4.62. The number of rotatable bonds is 4. The van der Waals surface area contributed by atoms with Crippen LogP contribution in [0.4, 0.5) is 0 Å². The fourth-order valence-electron chi connectivity index (χ4n) is 4.62. The van der Waals surface area contributed by atoms with Gasteiger partial charge in [0.1, 0.15) is 0 Å². The first kappa shape index (κ1) is 15.3. The van der Waals surface area contributed by atoms with Crippen LogP contribution in [0.3, 0.4) is 0 Å². The lowest BCUT2D eigenvalue weighted by Gasteiger charge is -2.49. The highest BCUT2D eigenvalue weighted by atomic mass is 15.2. The molecule has 0 aromatic heterocycles. The normalized spacial score (nSPS) is 32.2. The van der Waals surface area contributed by atoms with Crippen molar-refractivity contribution in [3.8, 4) is 0 Å². The summed E-state index contributed by atoms with van der Waals surface area (Å²) in [5, 5.41) is 3.69. The van der Waals surface area contributed by atoms with Gasteiger partial charge in [-0.05, 0) is 71.5 Å². The summed E-state index contributed by atoms with van der Waals surface area (Å²) in [6.07, 6.45) is 9.92. The smallest absolute Gasteiger partial charge is 0.0308 e. The highest BCUT2D eigenvalue weighted by Gasteiger charge is 2.40. The maximum Gasteiger partial charge on any atom is 0.0308 e. The Balaban J connectivity index is 2.05. The number of likely N-dealkylation sites (N-methyl/N-ethyl adjacent to an activating group) is 1. The van der Waals surface area contributed by atoms with Crippen molar-refractivity contribution in [2.75, 3.05) is 20.1 Å². The molecule has 1 aliphatic heterocycles. The number of nitrogens with zero attached hydrogens (tertiary/aromatic N) is 1. The summed E-state index contributed by atoms with van der Waals surface area (Å²) in [7, 11) is 2.18. The SMILES string of the molecule is CNC(C1CCCC(C)C1)C(C)(C)N1CCCCC1. The molecule has 0 radical (unpaired) electrons. The monoisotopic (exact) mass is 266 g/mol. The van der Waals surface area contributed by atoms with Crippen LogP contribution in [0.5, 0.6) is 0 Å². The Bertz CT molecular complexity index is 268. The third-order valence-corrected chi connectivity index (χ3v) is 5.69. The summed E-state index contributed by atoms with van der Waals surface area (Å²) in [4.78, 5) is 2.75. The van der Waals surface area contributed by atoms with E-state index in [1.807, 2.05) is 0 Å². The molecule has 0 bridgehead atoms. The summed E-state index contributed by atoms with van der Waals surface area (Å²) < 4.78 is 0. The van der Waals surface area contributed by atoms with Crippen molar-refractivity contribution in [3.63, 3.8) is 0 Å². The van der Waals surface area contributed by atoms with Gasteiger partial charge in [0.25, 0.3) is 0 Å². The molecule has 2 aliphatic rings. The number of piperidine rings is 1. The number of hydrogen-bond donors (Lipinski definition) is 1. The van der Waals surface area contributed by atoms with Crippen molar-refractivity contribution in [1.29, 1.82) is 0 Å². The summed E-state index contributed by atoms with van der Waals surface area (Å²) in [5.41, 5.74) is 0.302. The molecule has 1 N–H and O–H groups in total. The molecule has 2 heteroatoms. The second-order valence-electron chi connectivity index (χ2n) is 7.50. The molecular weight excluding hydrogens is 232 g/mol. The van der Waals surface area contributed by atoms with Crippen molar-refractivity contribution < 1.29 is 0 Å². The molecule has 1 saturated carbocycles. The standard InChI is InChI=1S/C17H34N2/c1-14-9-8-10-15(13-14)16(18-4)17(2,3)19-11-6-5-7-12-19/h14-16,18H,5-13H2,1-4H3. The first-order valence-electron chi connectivity index (χ1n) is 8.48. The predicted octanol–water partition coefficient (Wildman–Crippen LogP) is 3.67. The Morgan fingerprint density at radius 1 is 1.05 bits per heavy atom. The van der Waals surface area contributed by atoms with Crippen LogP contribution in [0.1, 0.15) is 65.7 Å². The lowest BCUT2D eigenvalue weighted by molar-refractivity contribution is 0.0307. The summed E-state index contributed by atoms with van der Waals surface area (Å²) in [6, 6.07) is 0.647. The highest BCUT2D eigenvalue weighted by Crippen LogP contribution is 2.36. The van der Waals surface area contributed by atoms with Gasteiger partial charge in [0.05, 0.1) is 0 Å². The van der Waals surface area contributed by atoms with Gasteiger partial charge in [0.2, 0.25) is 0 Å². The Kier molecular flexibility index (Phi) is 5.30. The van der Waals surface area contributed by atoms with Gasteiger partial charge in [-0.15, -0.1) is 0 Å². The second kappa shape index (κ2) is 6.58. The maximum absolute atomic E-state index is 3.69. The highest BCUT2D eigenvalue weighted by molar-refractivity contribution is 4.98. The molecule has 2 nitrogen and oxygen atoms in total. The molecule has 0 aromatic carbocycles. The van der Waals surface area contributed by atoms with Crippen LogP contribution in [0, 0.1) is 11.8 Å². The molecule has 1 aliphatic carbocycles. The van der Waals surface area contributed by atoms with Crippen molar-refractivity contribution in [3.05, 3.63) is 0 Å². The van der Waals surface area contributed by atoms with Crippen LogP contribution >= 0.6 is 0 Å². The largest absolute Gasteiger partial charge is 0.315 e. The molecule has 0 amide bonds. The average Bonchev–Trinajstić information content (AvgIpc) is 2.40. The van der Waals surface area contributed by atoms with E-state index in [9.17, 15) is 0 Å². The molecule has 112 valence electrons. The minimum Gasteiger partial charge on any atom is -0.315 e. The average molecular weight is 266 g/mol. The Labute approximate surface area is 120 Å². The quantitative estimate of drug-likeness (QED) is 0.835. The zero-order valence-electron chi connectivity index (χ0n) is 13.5. The summed E-state index contributed by atoms with van der Waals surface area (Å²) >= 11 is 0. The lowest BCUT2D eigenvalue weighted by Crippen LogP contribution is -2.61. The maximum atomic E-state index is 3.69. The second-order valence-corrected chi connectivity index (χ2v) is 7.50. The molecule has 2 fully saturated rings. The van der Waals surface area contributed by atoms with Gasteiger partial charge < -0.3 is 5.32 Å². The van der Waals surface area contributed by atoms with Crippen LogP contribution in [-0.2, 0) is 0 Å². The van der Waals surface area contributed by atoms with Gasteiger partial charge >= 0.3 is 0 Å². The van der Waals surface area contributed by atoms with Crippen LogP contribution in [-0.4, -0.2) is 36.6 Å². The molecule has 19 heavy (non-hydrogen) atoms. The van der Waals surface area contributed by atoms with Crippen molar-refractivity contribution in [2.45, 2.75) is 77.3 Å². The van der Waals surface area contributed by atoms with Gasteiger partial charge in [0, 0.05) is 11.6 Å². The number of nitrogens with one attached hydrogen (secondary N) is 1. The van der Waals surface area contributed by atoms with Gasteiger partial charge in [-0.25, -0.2) is 0 Å². The molecule has 0 spiro atoms. The van der Waals surface area contributed by atoms with E-state index < -0.39 is 0 Å². The van der Waals surface area contributed by atoms with Crippen LogP contribution in [0.2, 0.25) is 0 Å². The van der Waals surface area contributed by atoms with Gasteiger partial charge in [-0.2, -0.15) is 0 Å². The van der Waals surface area contributed by atoms with Crippen LogP contribution in [0.25, 0.3) is 0 Å². The third-order valence-electron chi connectivity index (χ3n) is 5.69. The van der Waals surface area contributed by atoms with Crippen molar-refractivity contribution in [1.82, 2.24) is 10.2 Å². The van der Waals surface area contributed by atoms with E-state index in [-0.39, 0.29) is 0 Å². The van der Waals surface area contributed by atoms with E-state index in [1.54, 1.807) is 0 Å². The molecular formula is C17H34N2. The number of likely N-dealkylation sites (tertiary alicyclic amines) is 1. The minimum absolute atomic E-state index is 0.302. The van der Waals surface area contributed by atoms with Gasteiger partial charge in [0.15, 0.2) is 0 Å². The van der Waals surface area contributed by atoms with Gasteiger partial charge in [-0.1, -0.05) is 26.2 Å². The molecule has 3 atom stereocenters.